The first-order valence-electron chi connectivity index (χ1n) is 22.5. The predicted molar refractivity (Wildman–Crippen MR) is 221 cm³/mol. The zero-order valence-electron chi connectivity index (χ0n) is 34.2. The number of amides is 2. The Labute approximate surface area is 317 Å². The van der Waals surface area contributed by atoms with Crippen molar-refractivity contribution in [2.45, 2.75) is 226 Å². The van der Waals surface area contributed by atoms with E-state index in [1.807, 2.05) is 0 Å². The molecule has 0 fully saturated rings. The summed E-state index contributed by atoms with van der Waals surface area (Å²) < 4.78 is 6.22. The Balaban J connectivity index is 2.42. The lowest BCUT2D eigenvalue weighted by Crippen LogP contribution is -2.26. The summed E-state index contributed by atoms with van der Waals surface area (Å²) in [4.78, 5) is 26.2. The van der Waals surface area contributed by atoms with Crippen LogP contribution in [0.1, 0.15) is 247 Å². The van der Waals surface area contributed by atoms with Crippen LogP contribution in [0.5, 0.6) is 5.75 Å². The van der Waals surface area contributed by atoms with Crippen molar-refractivity contribution in [1.29, 1.82) is 0 Å². The number of ether oxygens (including phenoxy) is 1. The Morgan fingerprint density at radius 2 is 0.765 bits per heavy atom. The van der Waals surface area contributed by atoms with Gasteiger partial charge in [0, 0.05) is 18.7 Å². The summed E-state index contributed by atoms with van der Waals surface area (Å²) in [5.74, 6) is 0.339. The zero-order valence-corrected chi connectivity index (χ0v) is 34.2. The van der Waals surface area contributed by atoms with Crippen LogP contribution in [0.4, 0.5) is 0 Å². The van der Waals surface area contributed by atoms with E-state index in [0.717, 1.165) is 38.5 Å². The highest BCUT2D eigenvalue weighted by molar-refractivity contribution is 6.00. The maximum Gasteiger partial charge on any atom is 0.255 e. The molecular formula is C46H84N2O3. The zero-order chi connectivity index (χ0) is 36.9. The Morgan fingerprint density at radius 3 is 1.16 bits per heavy atom. The molecule has 1 rings (SSSR count). The first-order valence-corrected chi connectivity index (χ1v) is 22.5. The van der Waals surface area contributed by atoms with Gasteiger partial charge in [0.2, 0.25) is 0 Å². The van der Waals surface area contributed by atoms with Crippen LogP contribution in [0.15, 0.2) is 18.2 Å². The third-order valence-electron chi connectivity index (χ3n) is 10.4. The van der Waals surface area contributed by atoms with Gasteiger partial charge in [-0.1, -0.05) is 207 Å². The van der Waals surface area contributed by atoms with Gasteiger partial charge in [0.05, 0.1) is 12.2 Å². The summed E-state index contributed by atoms with van der Waals surface area (Å²) in [7, 11) is 0. The number of hydrogen-bond acceptors (Lipinski definition) is 3. The van der Waals surface area contributed by atoms with Crippen molar-refractivity contribution in [2.24, 2.45) is 0 Å². The van der Waals surface area contributed by atoms with E-state index in [2.05, 4.69) is 31.4 Å². The lowest BCUT2D eigenvalue weighted by atomic mass is 10.0. The third-order valence-corrected chi connectivity index (χ3v) is 10.4. The summed E-state index contributed by atoms with van der Waals surface area (Å²) in [6, 6.07) is 5.33. The van der Waals surface area contributed by atoms with Gasteiger partial charge in [-0.3, -0.25) is 9.59 Å². The molecule has 51 heavy (non-hydrogen) atoms. The van der Waals surface area contributed by atoms with Gasteiger partial charge >= 0.3 is 0 Å². The fourth-order valence-corrected chi connectivity index (χ4v) is 6.92. The molecule has 0 aliphatic rings. The Hall–Kier alpha value is -2.04. The van der Waals surface area contributed by atoms with Crippen LogP contribution in [0.25, 0.3) is 0 Å². The van der Waals surface area contributed by atoms with Gasteiger partial charge in [0.25, 0.3) is 11.8 Å². The molecule has 2 amide bonds. The van der Waals surface area contributed by atoms with Gasteiger partial charge in [-0.15, -0.1) is 0 Å². The maximum atomic E-state index is 13.2. The van der Waals surface area contributed by atoms with E-state index in [1.54, 1.807) is 18.2 Å². The summed E-state index contributed by atoms with van der Waals surface area (Å²) >= 11 is 0. The highest BCUT2D eigenvalue weighted by Crippen LogP contribution is 2.22. The first kappa shape index (κ1) is 47.0. The van der Waals surface area contributed by atoms with Gasteiger partial charge in [-0.2, -0.15) is 0 Å². The van der Waals surface area contributed by atoms with E-state index >= 15 is 0 Å². The minimum Gasteiger partial charge on any atom is -0.493 e. The van der Waals surface area contributed by atoms with Crippen molar-refractivity contribution < 1.29 is 14.3 Å². The minimum atomic E-state index is -0.106. The van der Waals surface area contributed by atoms with Crippen LogP contribution >= 0.6 is 0 Å². The molecule has 2 N–H and O–H groups in total. The molecule has 1 aromatic rings. The second kappa shape index (κ2) is 36.3. The topological polar surface area (TPSA) is 67.4 Å². The summed E-state index contributed by atoms with van der Waals surface area (Å²) in [5, 5.41) is 6.19. The van der Waals surface area contributed by atoms with Crippen LogP contribution in [0, 0.1) is 0 Å². The van der Waals surface area contributed by atoms with E-state index in [-0.39, 0.29) is 11.8 Å². The summed E-state index contributed by atoms with van der Waals surface area (Å²) in [5.41, 5.74) is 1.10. The normalized spacial score (nSPS) is 11.2. The number of rotatable bonds is 38. The molecule has 0 unspecified atom stereocenters. The molecule has 0 atom stereocenters. The Kier molecular flexibility index (Phi) is 33.5. The lowest BCUT2D eigenvalue weighted by Gasteiger charge is -2.14. The van der Waals surface area contributed by atoms with Gasteiger partial charge in [-0.25, -0.2) is 0 Å². The SMILES string of the molecule is CCCCCCCCCCCCCCCCCCOc1cc(C(=O)NCCCCCCCCCC)ccc1C(=O)NCCCCCCCCCC. The van der Waals surface area contributed by atoms with Gasteiger partial charge in [-0.05, 0) is 37.5 Å². The molecule has 0 aliphatic heterocycles. The average molecular weight is 713 g/mol. The predicted octanol–water partition coefficient (Wildman–Crippen LogP) is 14.1. The monoisotopic (exact) mass is 713 g/mol. The summed E-state index contributed by atoms with van der Waals surface area (Å²) in [6.45, 7) is 8.72. The minimum absolute atomic E-state index is 0.0869. The van der Waals surface area contributed by atoms with Crippen molar-refractivity contribution in [3.05, 3.63) is 29.3 Å². The van der Waals surface area contributed by atoms with Crippen LogP contribution in [0.2, 0.25) is 0 Å². The van der Waals surface area contributed by atoms with Gasteiger partial charge in [0.15, 0.2) is 0 Å². The first-order chi connectivity index (χ1) is 25.1. The number of carbonyl (C=O) groups excluding carboxylic acids is 2. The molecule has 0 saturated carbocycles. The van der Waals surface area contributed by atoms with Crippen molar-refractivity contribution >= 4 is 11.8 Å². The van der Waals surface area contributed by atoms with Crippen LogP contribution in [-0.4, -0.2) is 31.5 Å². The molecule has 0 aliphatic carbocycles. The van der Waals surface area contributed by atoms with Gasteiger partial charge < -0.3 is 15.4 Å². The van der Waals surface area contributed by atoms with E-state index in [9.17, 15) is 9.59 Å². The lowest BCUT2D eigenvalue weighted by molar-refractivity contribution is 0.0937. The molecule has 5 nitrogen and oxygen atoms in total. The van der Waals surface area contributed by atoms with E-state index in [1.165, 1.54) is 167 Å². The van der Waals surface area contributed by atoms with E-state index < -0.39 is 0 Å². The molecular weight excluding hydrogens is 629 g/mol. The second-order valence-electron chi connectivity index (χ2n) is 15.3. The van der Waals surface area contributed by atoms with Gasteiger partial charge in [0.1, 0.15) is 5.75 Å². The summed E-state index contributed by atoms with van der Waals surface area (Å²) in [6.07, 6.45) is 41.2. The molecule has 0 heterocycles. The molecule has 0 radical (unpaired) electrons. The molecule has 0 bridgehead atoms. The molecule has 1 aromatic carbocycles. The number of carbonyl (C=O) groups is 2. The molecule has 296 valence electrons. The van der Waals surface area contributed by atoms with E-state index in [0.29, 0.717) is 36.6 Å². The molecule has 0 saturated heterocycles. The Morgan fingerprint density at radius 1 is 0.431 bits per heavy atom. The number of hydrogen-bond donors (Lipinski definition) is 2. The fraction of sp³-hybridized carbons (Fsp3) is 0.826. The fourth-order valence-electron chi connectivity index (χ4n) is 6.92. The van der Waals surface area contributed by atoms with E-state index in [4.69, 9.17) is 4.74 Å². The second-order valence-corrected chi connectivity index (χ2v) is 15.3. The van der Waals surface area contributed by atoms with Crippen LogP contribution in [-0.2, 0) is 0 Å². The van der Waals surface area contributed by atoms with Crippen molar-refractivity contribution in [2.75, 3.05) is 19.7 Å². The van der Waals surface area contributed by atoms with Crippen molar-refractivity contribution in [3.63, 3.8) is 0 Å². The maximum absolute atomic E-state index is 13.2. The van der Waals surface area contributed by atoms with Crippen molar-refractivity contribution in [1.82, 2.24) is 10.6 Å². The highest BCUT2D eigenvalue weighted by atomic mass is 16.5. The average Bonchev–Trinajstić information content (AvgIpc) is 3.14. The number of benzene rings is 1. The molecule has 5 heteroatoms. The van der Waals surface area contributed by atoms with Crippen LogP contribution in [0.3, 0.4) is 0 Å². The standard InChI is InChI=1S/C46H84N2O3/c1-4-7-10-13-16-19-20-21-22-23-24-25-26-29-32-35-40-51-44-41-42(45(49)47-38-33-30-27-17-14-11-8-5-2)36-37-43(44)46(50)48-39-34-31-28-18-15-12-9-6-3/h36-37,41H,4-35,38-40H2,1-3H3,(H,47,49)(H,48,50). The van der Waals surface area contributed by atoms with Crippen molar-refractivity contribution in [3.8, 4) is 5.75 Å². The highest BCUT2D eigenvalue weighted by Gasteiger charge is 2.16. The Bertz CT molecular complexity index is 933. The van der Waals surface area contributed by atoms with Crippen LogP contribution < -0.4 is 15.4 Å². The quantitative estimate of drug-likeness (QED) is 0.0671. The number of nitrogens with one attached hydrogen (secondary N) is 2. The molecule has 0 aromatic heterocycles. The third kappa shape index (κ3) is 28.2. The number of unbranched alkanes of at least 4 members (excludes halogenated alkanes) is 29. The smallest absolute Gasteiger partial charge is 0.255 e. The largest absolute Gasteiger partial charge is 0.493 e. The molecule has 0 spiro atoms.